The van der Waals surface area contributed by atoms with Crippen LogP contribution in [0.3, 0.4) is 0 Å². The fourth-order valence-electron chi connectivity index (χ4n) is 4.69. The van der Waals surface area contributed by atoms with Gasteiger partial charge in [-0.3, -0.25) is 0 Å². The summed E-state index contributed by atoms with van der Waals surface area (Å²) in [6, 6.07) is 0. The van der Waals surface area contributed by atoms with Gasteiger partial charge in [-0.25, -0.2) is 0 Å². The van der Waals surface area contributed by atoms with Gasteiger partial charge in [-0.15, -0.1) is 0 Å². The molecule has 2 aliphatic carbocycles. The minimum Gasteiger partial charge on any atom is -0.303 e. The van der Waals surface area contributed by atoms with Gasteiger partial charge in [-0.2, -0.15) is 0 Å². The van der Waals surface area contributed by atoms with Gasteiger partial charge in [-0.05, 0) is 41.9 Å². The lowest BCUT2D eigenvalue weighted by Gasteiger charge is -2.58. The average molecular weight is 313 g/mol. The van der Waals surface area contributed by atoms with E-state index in [1.165, 1.54) is 31.3 Å². The Morgan fingerprint density at radius 1 is 1.39 bits per heavy atom. The van der Waals surface area contributed by atoms with Crippen LogP contribution in [0.25, 0.3) is 0 Å². The molecule has 0 aromatic heterocycles. The van der Waals surface area contributed by atoms with Gasteiger partial charge in [0, 0.05) is 11.2 Å². The predicted molar refractivity (Wildman–Crippen MR) is 79.9 cm³/mol. The Bertz CT molecular complexity index is 360. The molecule has 0 radical (unpaired) electrons. The maximum atomic E-state index is 11.0. The van der Waals surface area contributed by atoms with Crippen LogP contribution >= 0.6 is 15.9 Å². The molecule has 2 fully saturated rings. The second-order valence-corrected chi connectivity index (χ2v) is 8.24. The van der Waals surface area contributed by atoms with E-state index in [2.05, 4.69) is 43.3 Å². The summed E-state index contributed by atoms with van der Waals surface area (Å²) in [4.78, 5) is 11.4. The summed E-state index contributed by atoms with van der Waals surface area (Å²) in [5.41, 5.74) is 1.91. The first kappa shape index (κ1) is 14.3. The van der Waals surface area contributed by atoms with Crippen LogP contribution in [0.1, 0.15) is 52.9 Å². The summed E-state index contributed by atoms with van der Waals surface area (Å²) >= 11 is 3.79. The van der Waals surface area contributed by atoms with Crippen LogP contribution in [-0.4, -0.2) is 11.1 Å². The number of hydrogen-bond donors (Lipinski definition) is 0. The van der Waals surface area contributed by atoms with E-state index in [0.717, 1.165) is 6.29 Å². The standard InChI is InChI=1S/C16H25BrO/c1-11-12(6-9-18)16(4)8-5-7-15(2,3)14(16)10-13(11)17/h9,12-14H,1,5-8,10H2,2-4H3/t12-,13+,14-,16+/m0/s1. The Morgan fingerprint density at radius 2 is 2.06 bits per heavy atom. The molecule has 4 atom stereocenters. The molecule has 0 aliphatic heterocycles. The van der Waals surface area contributed by atoms with E-state index in [1.54, 1.807) is 0 Å². The van der Waals surface area contributed by atoms with E-state index < -0.39 is 0 Å². The third-order valence-electron chi connectivity index (χ3n) is 5.70. The van der Waals surface area contributed by atoms with Crippen molar-refractivity contribution in [1.82, 2.24) is 0 Å². The van der Waals surface area contributed by atoms with Crippen molar-refractivity contribution in [1.29, 1.82) is 0 Å². The number of hydrogen-bond acceptors (Lipinski definition) is 1. The van der Waals surface area contributed by atoms with Crippen LogP contribution in [0.4, 0.5) is 0 Å². The quantitative estimate of drug-likeness (QED) is 0.408. The highest BCUT2D eigenvalue weighted by atomic mass is 79.9. The largest absolute Gasteiger partial charge is 0.303 e. The lowest BCUT2D eigenvalue weighted by Crippen LogP contribution is -2.51. The van der Waals surface area contributed by atoms with E-state index in [-0.39, 0.29) is 5.41 Å². The van der Waals surface area contributed by atoms with Crippen LogP contribution < -0.4 is 0 Å². The van der Waals surface area contributed by atoms with Crippen LogP contribution in [0.2, 0.25) is 0 Å². The van der Waals surface area contributed by atoms with Crippen LogP contribution in [0.15, 0.2) is 12.2 Å². The minimum absolute atomic E-state index is 0.268. The molecule has 102 valence electrons. The molecule has 0 heterocycles. The van der Waals surface area contributed by atoms with Crippen molar-refractivity contribution in [2.45, 2.75) is 57.7 Å². The van der Waals surface area contributed by atoms with E-state index in [9.17, 15) is 4.79 Å². The molecule has 0 amide bonds. The van der Waals surface area contributed by atoms with Crippen molar-refractivity contribution >= 4 is 22.2 Å². The number of carbonyl (C=O) groups is 1. The molecule has 0 saturated heterocycles. The monoisotopic (exact) mass is 312 g/mol. The average Bonchev–Trinajstić information content (AvgIpc) is 2.28. The van der Waals surface area contributed by atoms with Crippen LogP contribution in [0.5, 0.6) is 0 Å². The predicted octanol–water partition coefficient (Wildman–Crippen LogP) is 4.75. The molecule has 2 aliphatic rings. The number of alkyl halides is 1. The van der Waals surface area contributed by atoms with Crippen LogP contribution in [-0.2, 0) is 4.79 Å². The second-order valence-electron chi connectivity index (χ2n) is 7.13. The van der Waals surface area contributed by atoms with Crippen molar-refractivity contribution in [3.05, 3.63) is 12.2 Å². The van der Waals surface area contributed by atoms with Gasteiger partial charge in [0.2, 0.25) is 0 Å². The van der Waals surface area contributed by atoms with Crippen LogP contribution in [0, 0.1) is 22.7 Å². The minimum atomic E-state index is 0.268. The Kier molecular flexibility index (Phi) is 3.79. The first-order chi connectivity index (χ1) is 8.33. The zero-order valence-electron chi connectivity index (χ0n) is 11.8. The molecule has 0 aromatic rings. The molecule has 2 heteroatoms. The van der Waals surface area contributed by atoms with Gasteiger partial charge in [-0.1, -0.05) is 55.3 Å². The summed E-state index contributed by atoms with van der Waals surface area (Å²) in [6.45, 7) is 11.5. The summed E-state index contributed by atoms with van der Waals surface area (Å²) < 4.78 is 0. The zero-order valence-corrected chi connectivity index (χ0v) is 13.4. The highest BCUT2D eigenvalue weighted by Crippen LogP contribution is 2.62. The molecule has 2 saturated carbocycles. The Hall–Kier alpha value is -0.110. The van der Waals surface area contributed by atoms with Crippen molar-refractivity contribution in [3.63, 3.8) is 0 Å². The molecule has 18 heavy (non-hydrogen) atoms. The summed E-state index contributed by atoms with van der Waals surface area (Å²) in [6.07, 6.45) is 6.76. The molecule has 2 rings (SSSR count). The van der Waals surface area contributed by atoms with Gasteiger partial charge >= 0.3 is 0 Å². The lowest BCUT2D eigenvalue weighted by molar-refractivity contribution is -0.112. The topological polar surface area (TPSA) is 17.1 Å². The van der Waals surface area contributed by atoms with Gasteiger partial charge in [0.1, 0.15) is 6.29 Å². The molecule has 0 unspecified atom stereocenters. The number of carbonyl (C=O) groups excluding carboxylic acids is 1. The highest BCUT2D eigenvalue weighted by molar-refractivity contribution is 9.09. The van der Waals surface area contributed by atoms with E-state index in [4.69, 9.17) is 0 Å². The fraction of sp³-hybridized carbons (Fsp3) is 0.812. The first-order valence-electron chi connectivity index (χ1n) is 7.09. The highest BCUT2D eigenvalue weighted by Gasteiger charge is 2.54. The van der Waals surface area contributed by atoms with E-state index >= 15 is 0 Å². The number of halogens is 1. The number of aldehydes is 1. The first-order valence-corrected chi connectivity index (χ1v) is 8.01. The molecule has 0 N–H and O–H groups in total. The normalized spacial score (nSPS) is 43.3. The molecular weight excluding hydrogens is 288 g/mol. The summed E-state index contributed by atoms with van der Waals surface area (Å²) in [5.74, 6) is 1.05. The Balaban J connectivity index is 2.39. The van der Waals surface area contributed by atoms with Gasteiger partial charge < -0.3 is 4.79 Å². The van der Waals surface area contributed by atoms with Crippen molar-refractivity contribution in [3.8, 4) is 0 Å². The molecule has 0 spiro atoms. The number of rotatable bonds is 2. The lowest BCUT2D eigenvalue weighted by atomic mass is 9.47. The summed E-state index contributed by atoms with van der Waals surface area (Å²) in [5, 5.41) is 0. The third kappa shape index (κ3) is 2.11. The molecule has 0 bridgehead atoms. The zero-order chi connectivity index (χ0) is 13.6. The Morgan fingerprint density at radius 3 is 2.67 bits per heavy atom. The van der Waals surface area contributed by atoms with Crippen molar-refractivity contribution in [2.24, 2.45) is 22.7 Å². The van der Waals surface area contributed by atoms with E-state index in [0.29, 0.717) is 28.5 Å². The van der Waals surface area contributed by atoms with Crippen molar-refractivity contribution < 1.29 is 4.79 Å². The number of fused-ring (bicyclic) bond motifs is 1. The fourth-order valence-corrected chi connectivity index (χ4v) is 5.38. The third-order valence-corrected chi connectivity index (χ3v) is 6.66. The van der Waals surface area contributed by atoms with Gasteiger partial charge in [0.05, 0.1) is 0 Å². The smallest absolute Gasteiger partial charge is 0.120 e. The van der Waals surface area contributed by atoms with Gasteiger partial charge in [0.25, 0.3) is 0 Å². The van der Waals surface area contributed by atoms with Crippen molar-refractivity contribution in [2.75, 3.05) is 0 Å². The number of allylic oxidation sites excluding steroid dienone is 1. The molecule has 0 aromatic carbocycles. The molecular formula is C16H25BrO. The maximum absolute atomic E-state index is 11.0. The molecule has 1 nitrogen and oxygen atoms in total. The summed E-state index contributed by atoms with van der Waals surface area (Å²) in [7, 11) is 0. The SMILES string of the molecule is C=C1[C@H](Br)C[C@H]2C(C)(C)CCC[C@]2(C)[C@H]1CC=O. The van der Waals surface area contributed by atoms with Gasteiger partial charge in [0.15, 0.2) is 0 Å². The Labute approximate surface area is 120 Å². The maximum Gasteiger partial charge on any atom is 0.120 e. The second kappa shape index (κ2) is 4.77. The van der Waals surface area contributed by atoms with E-state index in [1.807, 2.05) is 0 Å².